The second-order valence-electron chi connectivity index (χ2n) is 10.8. The maximum Gasteiger partial charge on any atom is 0.245 e. The Hall–Kier alpha value is -3.12. The molecular formula is C28H34N4O2. The van der Waals surface area contributed by atoms with E-state index in [1.54, 1.807) is 13.8 Å². The molecule has 178 valence electrons. The van der Waals surface area contributed by atoms with Crippen molar-refractivity contribution >= 4 is 22.7 Å². The smallest absolute Gasteiger partial charge is 0.245 e. The Bertz CT molecular complexity index is 1190. The van der Waals surface area contributed by atoms with Crippen molar-refractivity contribution in [3.8, 4) is 0 Å². The number of para-hydroxylation sites is 1. The Labute approximate surface area is 200 Å². The first-order valence-electron chi connectivity index (χ1n) is 12.2. The minimum Gasteiger partial charge on any atom is -0.361 e. The third-order valence-electron chi connectivity index (χ3n) is 7.67. The Morgan fingerprint density at radius 3 is 2.32 bits per heavy atom. The van der Waals surface area contributed by atoms with Gasteiger partial charge in [0, 0.05) is 36.6 Å². The molecule has 5 rings (SSSR count). The molecule has 3 aromatic rings. The fourth-order valence-corrected chi connectivity index (χ4v) is 5.61. The van der Waals surface area contributed by atoms with Crippen molar-refractivity contribution < 1.29 is 9.59 Å². The van der Waals surface area contributed by atoms with Crippen LogP contribution < -0.4 is 11.1 Å². The summed E-state index contributed by atoms with van der Waals surface area (Å²) in [6, 6.07) is 16.1. The van der Waals surface area contributed by atoms with E-state index < -0.39 is 11.6 Å². The van der Waals surface area contributed by atoms with Crippen LogP contribution in [0.4, 0.5) is 0 Å². The molecule has 4 N–H and O–H groups in total. The van der Waals surface area contributed by atoms with Crippen LogP contribution >= 0.6 is 0 Å². The van der Waals surface area contributed by atoms with Crippen LogP contribution in [0.1, 0.15) is 43.4 Å². The molecule has 0 saturated carbocycles. The summed E-state index contributed by atoms with van der Waals surface area (Å²) in [6.07, 6.45) is 6.54. The normalized spacial score (nSPS) is 18.1. The van der Waals surface area contributed by atoms with Gasteiger partial charge in [0.1, 0.15) is 6.04 Å². The molecule has 0 unspecified atom stereocenters. The van der Waals surface area contributed by atoms with Crippen LogP contribution in [0.15, 0.2) is 54.7 Å². The van der Waals surface area contributed by atoms with E-state index in [1.807, 2.05) is 35.4 Å². The highest BCUT2D eigenvalue weighted by atomic mass is 16.2. The zero-order valence-electron chi connectivity index (χ0n) is 20.1. The average Bonchev–Trinajstić information content (AvgIpc) is 3.39. The number of aromatic amines is 1. The molecule has 1 aliphatic heterocycles. The number of carbonyl (C=O) groups is 2. The molecule has 0 bridgehead atoms. The molecule has 1 aromatic heterocycles. The highest BCUT2D eigenvalue weighted by Gasteiger charge is 2.41. The van der Waals surface area contributed by atoms with Crippen molar-refractivity contribution in [1.82, 2.24) is 15.2 Å². The number of hydrogen-bond acceptors (Lipinski definition) is 3. The Kier molecular flexibility index (Phi) is 5.72. The van der Waals surface area contributed by atoms with Crippen LogP contribution in [0, 0.1) is 5.41 Å². The molecule has 2 amide bonds. The van der Waals surface area contributed by atoms with E-state index in [9.17, 15) is 9.59 Å². The molecule has 1 saturated heterocycles. The molecule has 1 aliphatic carbocycles. The van der Waals surface area contributed by atoms with Gasteiger partial charge in [-0.1, -0.05) is 42.5 Å². The lowest BCUT2D eigenvalue weighted by Gasteiger charge is -2.40. The molecule has 1 fully saturated rings. The van der Waals surface area contributed by atoms with Gasteiger partial charge in [-0.25, -0.2) is 0 Å². The van der Waals surface area contributed by atoms with Gasteiger partial charge in [-0.3, -0.25) is 9.59 Å². The molecule has 2 aliphatic rings. The Morgan fingerprint density at radius 1 is 1.06 bits per heavy atom. The fraction of sp³-hybridized carbons (Fsp3) is 0.429. The Balaban J connectivity index is 1.32. The minimum atomic E-state index is -1.06. The summed E-state index contributed by atoms with van der Waals surface area (Å²) in [5.41, 5.74) is 10.2. The number of rotatable bonds is 5. The monoisotopic (exact) mass is 458 g/mol. The van der Waals surface area contributed by atoms with Crippen molar-refractivity contribution in [2.45, 2.75) is 57.5 Å². The van der Waals surface area contributed by atoms with E-state index in [0.29, 0.717) is 6.42 Å². The molecular weight excluding hydrogens is 424 g/mol. The van der Waals surface area contributed by atoms with Gasteiger partial charge in [-0.05, 0) is 67.7 Å². The fourth-order valence-electron chi connectivity index (χ4n) is 5.61. The molecule has 6 nitrogen and oxygen atoms in total. The summed E-state index contributed by atoms with van der Waals surface area (Å²) in [4.78, 5) is 31.7. The zero-order valence-corrected chi connectivity index (χ0v) is 20.1. The number of piperidine rings is 1. The SMILES string of the molecule is CC(C)(N)C(=O)N[C@H](Cc1c[nH]c2ccccc12)C(=O)N1CCC2(CC1)Cc1ccccc1C2. The number of hydrogen-bond donors (Lipinski definition) is 3. The standard InChI is InChI=1S/C28H34N4O2/c1-27(2,29)26(34)31-24(15-21-18-30-23-10-6-5-9-22(21)23)25(33)32-13-11-28(12-14-32)16-19-7-3-4-8-20(19)17-28/h3-10,18,24,30H,11-17,29H2,1-2H3,(H,31,34)/t24-/m1/s1. The molecule has 2 aromatic carbocycles. The molecule has 34 heavy (non-hydrogen) atoms. The molecule has 1 atom stereocenters. The molecule has 6 heteroatoms. The Morgan fingerprint density at radius 2 is 1.68 bits per heavy atom. The van der Waals surface area contributed by atoms with Gasteiger partial charge >= 0.3 is 0 Å². The first-order valence-corrected chi connectivity index (χ1v) is 12.2. The largest absolute Gasteiger partial charge is 0.361 e. The van der Waals surface area contributed by atoms with Crippen LogP contribution in [-0.4, -0.2) is 46.4 Å². The maximum absolute atomic E-state index is 13.7. The quantitative estimate of drug-likeness (QED) is 0.548. The van der Waals surface area contributed by atoms with E-state index in [1.165, 1.54) is 11.1 Å². The van der Waals surface area contributed by atoms with Gasteiger partial charge in [0.25, 0.3) is 0 Å². The number of likely N-dealkylation sites (tertiary alicyclic amines) is 1. The first kappa shape index (κ1) is 22.7. The van der Waals surface area contributed by atoms with Crippen molar-refractivity contribution in [2.75, 3.05) is 13.1 Å². The molecule has 2 heterocycles. The second kappa shape index (κ2) is 8.58. The van der Waals surface area contributed by atoms with Crippen molar-refractivity contribution in [1.29, 1.82) is 0 Å². The van der Waals surface area contributed by atoms with E-state index in [0.717, 1.165) is 55.2 Å². The summed E-state index contributed by atoms with van der Waals surface area (Å²) < 4.78 is 0. The first-order chi connectivity index (χ1) is 16.2. The summed E-state index contributed by atoms with van der Waals surface area (Å²) in [6.45, 7) is 4.77. The lowest BCUT2D eigenvalue weighted by atomic mass is 9.76. The predicted octanol–water partition coefficient (Wildman–Crippen LogP) is 3.34. The number of nitrogens with one attached hydrogen (secondary N) is 2. The summed E-state index contributed by atoms with van der Waals surface area (Å²) in [7, 11) is 0. The van der Waals surface area contributed by atoms with E-state index in [4.69, 9.17) is 5.73 Å². The number of nitrogens with two attached hydrogens (primary N) is 1. The van der Waals surface area contributed by atoms with Gasteiger partial charge < -0.3 is 20.9 Å². The highest BCUT2D eigenvalue weighted by Crippen LogP contribution is 2.44. The second-order valence-corrected chi connectivity index (χ2v) is 10.8. The van der Waals surface area contributed by atoms with Crippen molar-refractivity contribution in [3.63, 3.8) is 0 Å². The van der Waals surface area contributed by atoms with Gasteiger partial charge in [-0.2, -0.15) is 0 Å². The van der Waals surface area contributed by atoms with Crippen LogP contribution in [0.5, 0.6) is 0 Å². The number of fused-ring (bicyclic) bond motifs is 2. The van der Waals surface area contributed by atoms with E-state index >= 15 is 0 Å². The number of H-pyrrole nitrogens is 1. The predicted molar refractivity (Wildman–Crippen MR) is 134 cm³/mol. The summed E-state index contributed by atoms with van der Waals surface area (Å²) >= 11 is 0. The third kappa shape index (κ3) is 4.34. The summed E-state index contributed by atoms with van der Waals surface area (Å²) in [5, 5.41) is 4.04. The zero-order chi connectivity index (χ0) is 23.9. The third-order valence-corrected chi connectivity index (χ3v) is 7.67. The van der Waals surface area contributed by atoms with Gasteiger partial charge in [0.2, 0.25) is 11.8 Å². The number of benzene rings is 2. The van der Waals surface area contributed by atoms with Gasteiger partial charge in [0.05, 0.1) is 5.54 Å². The van der Waals surface area contributed by atoms with Gasteiger partial charge in [0.15, 0.2) is 0 Å². The van der Waals surface area contributed by atoms with Crippen LogP contribution in [0.2, 0.25) is 0 Å². The van der Waals surface area contributed by atoms with E-state index in [-0.39, 0.29) is 17.2 Å². The number of aromatic nitrogens is 1. The van der Waals surface area contributed by atoms with Gasteiger partial charge in [-0.15, -0.1) is 0 Å². The van der Waals surface area contributed by atoms with Crippen LogP contribution in [0.3, 0.4) is 0 Å². The van der Waals surface area contributed by atoms with Crippen molar-refractivity contribution in [2.24, 2.45) is 11.1 Å². The minimum absolute atomic E-state index is 0.0201. The maximum atomic E-state index is 13.7. The van der Waals surface area contributed by atoms with Crippen LogP contribution in [-0.2, 0) is 28.9 Å². The average molecular weight is 459 g/mol. The van der Waals surface area contributed by atoms with E-state index in [2.05, 4.69) is 34.6 Å². The highest BCUT2D eigenvalue weighted by molar-refractivity contribution is 5.92. The lowest BCUT2D eigenvalue weighted by Crippen LogP contribution is -2.58. The molecule has 0 radical (unpaired) electrons. The summed E-state index contributed by atoms with van der Waals surface area (Å²) in [5.74, 6) is -0.335. The number of amides is 2. The molecule has 1 spiro atoms. The van der Waals surface area contributed by atoms with Crippen molar-refractivity contribution in [3.05, 3.63) is 71.4 Å². The number of carbonyl (C=O) groups excluding carboxylic acids is 2. The van der Waals surface area contributed by atoms with Crippen LogP contribution in [0.25, 0.3) is 10.9 Å². The lowest BCUT2D eigenvalue weighted by molar-refractivity contribution is -0.139. The number of nitrogens with zero attached hydrogens (tertiary/aromatic N) is 1. The topological polar surface area (TPSA) is 91.2 Å².